The third-order valence-electron chi connectivity index (χ3n) is 9.87. The van der Waals surface area contributed by atoms with E-state index in [1.807, 2.05) is 0 Å². The number of benzene rings is 8. The highest BCUT2D eigenvalue weighted by atomic mass is 16.3. The summed E-state index contributed by atoms with van der Waals surface area (Å²) in [4.78, 5) is 0.321. The fourth-order valence-corrected chi connectivity index (χ4v) is 7.47. The molecule has 268 valence electrons. The second kappa shape index (κ2) is 11.9. The number of nitrogens with zero attached hydrogens (tertiary/aromatic N) is 1. The van der Waals surface area contributed by atoms with Crippen LogP contribution in [0.1, 0.15) is 106 Å². The first-order chi connectivity index (χ1) is 43.2. The van der Waals surface area contributed by atoms with E-state index >= 15 is 0 Å². The van der Waals surface area contributed by atoms with Gasteiger partial charge in [-0.3, -0.25) is 0 Å². The van der Waals surface area contributed by atoms with Crippen LogP contribution < -0.4 is 4.90 Å². The molecule has 0 fully saturated rings. The van der Waals surface area contributed by atoms with Gasteiger partial charge in [-0.1, -0.05) is 153 Å². The van der Waals surface area contributed by atoms with E-state index in [4.69, 9.17) is 31.8 Å². The molecular weight excluding hydrogens is 679 g/mol. The van der Waals surface area contributed by atoms with E-state index < -0.39 is 312 Å². The molecule has 2 nitrogen and oxygen atoms in total. The van der Waals surface area contributed by atoms with Gasteiger partial charge in [0.15, 0.2) is 0 Å². The fourth-order valence-electron chi connectivity index (χ4n) is 7.47. The minimum atomic E-state index is -3.92. The Morgan fingerprint density at radius 1 is 0.500 bits per heavy atom. The number of fused-ring (bicyclic) bond motifs is 9. The van der Waals surface area contributed by atoms with Gasteiger partial charge in [-0.05, 0) is 111 Å². The van der Waals surface area contributed by atoms with Crippen molar-refractivity contribution in [2.24, 2.45) is 0 Å². The van der Waals surface area contributed by atoms with Crippen molar-refractivity contribution in [3.05, 3.63) is 209 Å². The van der Waals surface area contributed by atoms with Crippen LogP contribution in [0, 0.1) is 6.92 Å². The summed E-state index contributed by atoms with van der Waals surface area (Å²) < 4.78 is 354. The Balaban J connectivity index is 1.33. The first kappa shape index (κ1) is 12.2. The van der Waals surface area contributed by atoms with E-state index in [-0.39, 0.29) is 0 Å². The zero-order valence-corrected chi connectivity index (χ0v) is 28.4. The lowest BCUT2D eigenvalue weighted by Gasteiger charge is -2.31. The summed E-state index contributed by atoms with van der Waals surface area (Å²) in [6, 6.07) is -34.2. The molecular formula is C54H41NO. The Morgan fingerprint density at radius 3 is 1.79 bits per heavy atom. The molecule has 9 aromatic rings. The number of rotatable bonds is 5. The van der Waals surface area contributed by atoms with Crippen molar-refractivity contribution in [1.82, 2.24) is 0 Å². The van der Waals surface area contributed by atoms with Gasteiger partial charge in [-0.15, -0.1) is 0 Å². The third kappa shape index (κ3) is 4.44. The lowest BCUT2D eigenvalue weighted by Crippen LogP contribution is -2.22. The molecule has 8 aromatic carbocycles. The van der Waals surface area contributed by atoms with Gasteiger partial charge in [-0.25, -0.2) is 0 Å². The highest BCUT2D eigenvalue weighted by Gasteiger charge is 2.42. The minimum absolute atomic E-state index is 0.321. The van der Waals surface area contributed by atoms with Crippen LogP contribution in [0.2, 0.25) is 0 Å². The van der Waals surface area contributed by atoms with Crippen LogP contribution in [-0.2, 0) is 10.8 Å². The zero-order chi connectivity index (χ0) is 70.5. The van der Waals surface area contributed by atoms with Gasteiger partial charge in [-0.2, -0.15) is 0 Å². The Morgan fingerprint density at radius 2 is 1.09 bits per heavy atom. The average molecular weight is 758 g/mol. The molecule has 2 aliphatic rings. The Kier molecular flexibility index (Phi) is 2.59. The summed E-state index contributed by atoms with van der Waals surface area (Å²) in [6.07, 6.45) is 0. The standard InChI is InChI=1S/C54H41NO/c1-34-48(33-32-42-41-20-8-11-23-44(41)53(2,3)51(34)42)55(36-16-6-5-7-17-36)37-30-28-35(29-31-37)38-21-15-27-49-50(38)43-22-14-26-47(52(43)56-49)54(4)45-24-12-9-18-39(45)40-19-10-13-25-46(40)54/h5-33H,1-4H3/i2D3,3D3,4D3,5D,6D,7D,8D,9D,10D,11D,12D,13D,14D,15D,16D,17D,18D,19D,20D,21D,22D,23D,24D,25D,26D,27D,28D,29D,30D,31D,32D,33D. The molecule has 0 atom stereocenters. The molecule has 1 heterocycles. The Bertz CT molecular complexity index is 4910. The van der Waals surface area contributed by atoms with E-state index in [1.54, 1.807) is 0 Å². The highest BCUT2D eigenvalue weighted by Crippen LogP contribution is 2.55. The van der Waals surface area contributed by atoms with Crippen LogP contribution >= 0.6 is 0 Å². The van der Waals surface area contributed by atoms with E-state index in [1.165, 1.54) is 0 Å². The van der Waals surface area contributed by atoms with Crippen LogP contribution in [0.25, 0.3) is 55.3 Å². The van der Waals surface area contributed by atoms with E-state index in [9.17, 15) is 24.7 Å². The van der Waals surface area contributed by atoms with Crippen molar-refractivity contribution in [3.63, 3.8) is 0 Å². The molecule has 0 spiro atoms. The predicted molar refractivity (Wildman–Crippen MR) is 234 cm³/mol. The maximum atomic E-state index is 9.89. The average Bonchev–Trinajstić information content (AvgIpc) is 1.49. The first-order valence-electron chi connectivity index (χ1n) is 35.6. The van der Waals surface area contributed by atoms with Crippen LogP contribution in [0.4, 0.5) is 17.1 Å². The zero-order valence-electron chi connectivity index (χ0n) is 66.4. The second-order valence-electron chi connectivity index (χ2n) is 12.8. The molecule has 0 N–H and O–H groups in total. The summed E-state index contributed by atoms with van der Waals surface area (Å²) in [5.41, 5.74) is -24.1. The molecule has 0 radical (unpaired) electrons. The molecule has 0 bridgehead atoms. The van der Waals surface area contributed by atoms with Gasteiger partial charge in [0, 0.05) is 56.6 Å². The highest BCUT2D eigenvalue weighted by molar-refractivity contribution is 6.13. The summed E-state index contributed by atoms with van der Waals surface area (Å²) >= 11 is 0. The molecule has 1 aromatic heterocycles. The van der Waals surface area contributed by atoms with Gasteiger partial charge in [0.2, 0.25) is 0 Å². The fraction of sp³-hybridized carbons (Fsp3) is 0.111. The summed E-state index contributed by atoms with van der Waals surface area (Å²) in [6.45, 7) is -10.8. The normalized spacial score (nSPS) is 24.7. The summed E-state index contributed by atoms with van der Waals surface area (Å²) in [5, 5.41) is -1.79. The molecule has 0 saturated heterocycles. The quantitative estimate of drug-likeness (QED) is 0.174. The van der Waals surface area contributed by atoms with Crippen molar-refractivity contribution in [3.8, 4) is 33.4 Å². The SMILES string of the molecule is [2H]c1c([2H])c([2H])c(N(c2c([2H])c([2H])c(-c3c([2H])c([2H])c([2H])c4oc5c(C6(C([2H])([2H])[2H])c7c([2H])c([2H])c([2H])c([2H])c7-c7c([2H])c([2H])c([2H])c([2H])c76)c([2H])c([2H])c([2H])c5c34)c([2H])c2[2H])c2c([2H])c([2H])c3c(c2C)C(C([2H])([2H])[2H])(C([2H])([2H])[2H])c2c([2H])c([2H])c([2H])c([2H])c2-3)c([2H])c1[2H]. The summed E-state index contributed by atoms with van der Waals surface area (Å²) in [5.74, 6) is 0. The molecule has 0 saturated carbocycles. The predicted octanol–water partition coefficient (Wildman–Crippen LogP) is 14.7. The Labute approximate surface area is 381 Å². The smallest absolute Gasteiger partial charge is 0.139 e. The number of furan rings is 1. The number of hydrogen-bond donors (Lipinski definition) is 0. The van der Waals surface area contributed by atoms with E-state index in [0.717, 1.165) is 6.92 Å². The van der Waals surface area contributed by atoms with Crippen LogP contribution in [0.5, 0.6) is 0 Å². The number of anilines is 3. The first-order valence-corrected chi connectivity index (χ1v) is 16.6. The van der Waals surface area contributed by atoms with Crippen molar-refractivity contribution in [2.45, 2.75) is 38.3 Å². The van der Waals surface area contributed by atoms with E-state index in [2.05, 4.69) is 0 Å². The lowest BCUT2D eigenvalue weighted by molar-refractivity contribution is 0.638. The molecule has 56 heavy (non-hydrogen) atoms. The van der Waals surface area contributed by atoms with Crippen molar-refractivity contribution < 1.29 is 56.5 Å². The van der Waals surface area contributed by atoms with Gasteiger partial charge in [0.1, 0.15) is 11.2 Å². The minimum Gasteiger partial charge on any atom is -0.456 e. The third-order valence-corrected chi connectivity index (χ3v) is 9.87. The van der Waals surface area contributed by atoms with Gasteiger partial charge in [0.05, 0.1) is 39.8 Å². The molecule has 0 unspecified atom stereocenters. The van der Waals surface area contributed by atoms with Crippen molar-refractivity contribution in [1.29, 1.82) is 0 Å². The monoisotopic (exact) mass is 758 g/mol. The van der Waals surface area contributed by atoms with Crippen LogP contribution in [0.3, 0.4) is 0 Å². The van der Waals surface area contributed by atoms with E-state index in [0.29, 0.717) is 4.90 Å². The largest absolute Gasteiger partial charge is 0.456 e. The number of hydrogen-bond acceptors (Lipinski definition) is 2. The topological polar surface area (TPSA) is 16.4 Å². The van der Waals surface area contributed by atoms with Gasteiger partial charge < -0.3 is 9.32 Å². The van der Waals surface area contributed by atoms with Gasteiger partial charge >= 0.3 is 0 Å². The van der Waals surface area contributed by atoms with Crippen molar-refractivity contribution >= 4 is 39.0 Å². The summed E-state index contributed by atoms with van der Waals surface area (Å²) in [7, 11) is 0. The second-order valence-corrected chi connectivity index (χ2v) is 12.8. The molecule has 2 aliphatic carbocycles. The van der Waals surface area contributed by atoms with Crippen LogP contribution in [-0.4, -0.2) is 0 Å². The molecule has 2 heteroatoms. The molecule has 11 rings (SSSR count). The molecule has 0 amide bonds. The van der Waals surface area contributed by atoms with Crippen LogP contribution in [0.15, 0.2) is 180 Å². The maximum absolute atomic E-state index is 9.89. The number of para-hydroxylation sites is 2. The lowest BCUT2D eigenvalue weighted by atomic mass is 9.74. The Hall–Kier alpha value is -6.64. The van der Waals surface area contributed by atoms with Gasteiger partial charge in [0.25, 0.3) is 0 Å². The molecule has 0 aliphatic heterocycles. The van der Waals surface area contributed by atoms with Crippen molar-refractivity contribution in [2.75, 3.05) is 4.90 Å². The maximum Gasteiger partial charge on any atom is 0.139 e.